The highest BCUT2D eigenvalue weighted by atomic mass is 16.6. The zero-order valence-electron chi connectivity index (χ0n) is 25.1. The van der Waals surface area contributed by atoms with Crippen molar-refractivity contribution in [3.05, 3.63) is 46.9 Å². The fourth-order valence-electron chi connectivity index (χ4n) is 7.91. The fraction of sp³-hybridized carbons (Fsp3) is 0.667. The molecule has 1 atom stereocenters. The van der Waals surface area contributed by atoms with E-state index in [-0.39, 0.29) is 17.6 Å². The lowest BCUT2D eigenvalue weighted by atomic mass is 9.73. The Morgan fingerprint density at radius 1 is 1.15 bits per heavy atom. The third-order valence-corrected chi connectivity index (χ3v) is 9.77. The quantitative estimate of drug-likeness (QED) is 0.456. The minimum absolute atomic E-state index is 0.0379. The van der Waals surface area contributed by atoms with E-state index in [9.17, 15) is 4.79 Å². The number of piperidine rings is 1. The molecular formula is C33H47N5O2. The van der Waals surface area contributed by atoms with Gasteiger partial charge in [-0.2, -0.15) is 0 Å². The Morgan fingerprint density at radius 2 is 1.90 bits per heavy atom. The third-order valence-electron chi connectivity index (χ3n) is 9.77. The predicted octanol–water partition coefficient (Wildman–Crippen LogP) is 6.62. The molecule has 1 spiro atoms. The van der Waals surface area contributed by atoms with E-state index in [0.717, 1.165) is 64.0 Å². The summed E-state index contributed by atoms with van der Waals surface area (Å²) in [6.45, 7) is 14.1. The highest BCUT2D eigenvalue weighted by molar-refractivity contribution is 5.76. The molecule has 2 fully saturated rings. The molecule has 6 rings (SSSR count). The van der Waals surface area contributed by atoms with Gasteiger partial charge in [0.05, 0.1) is 0 Å². The monoisotopic (exact) mass is 545 g/mol. The van der Waals surface area contributed by atoms with Crippen LogP contribution in [0.25, 0.3) is 0 Å². The van der Waals surface area contributed by atoms with Crippen LogP contribution in [0, 0.1) is 5.92 Å². The van der Waals surface area contributed by atoms with Crippen LogP contribution in [-0.2, 0) is 23.1 Å². The van der Waals surface area contributed by atoms with Gasteiger partial charge < -0.3 is 19.9 Å². The fourth-order valence-corrected chi connectivity index (χ4v) is 7.91. The first-order valence-corrected chi connectivity index (χ1v) is 15.6. The number of carbonyl (C=O) groups excluding carboxylic acids is 1. The molecule has 7 nitrogen and oxygen atoms in total. The normalized spacial score (nSPS) is 22.1. The maximum atomic E-state index is 13.6. The number of rotatable bonds is 5. The summed E-state index contributed by atoms with van der Waals surface area (Å²) in [5.41, 5.74) is 6.08. The molecule has 40 heavy (non-hydrogen) atoms. The number of benzene rings is 1. The van der Waals surface area contributed by atoms with Gasteiger partial charge in [0, 0.05) is 41.5 Å². The van der Waals surface area contributed by atoms with Gasteiger partial charge in [-0.05, 0) is 101 Å². The van der Waals surface area contributed by atoms with Gasteiger partial charge in [-0.15, -0.1) is 0 Å². The van der Waals surface area contributed by atoms with Gasteiger partial charge in [0.15, 0.2) is 0 Å². The van der Waals surface area contributed by atoms with Crippen LogP contribution in [0.3, 0.4) is 0 Å². The predicted molar refractivity (Wildman–Crippen MR) is 159 cm³/mol. The van der Waals surface area contributed by atoms with Gasteiger partial charge in [-0.3, -0.25) is 0 Å². The van der Waals surface area contributed by atoms with Gasteiger partial charge in [0.1, 0.15) is 17.7 Å². The Balaban J connectivity index is 1.43. The van der Waals surface area contributed by atoms with Crippen molar-refractivity contribution in [2.45, 2.75) is 116 Å². The molecule has 1 saturated heterocycles. The topological polar surface area (TPSA) is 70.6 Å². The summed E-state index contributed by atoms with van der Waals surface area (Å²) in [6.07, 6.45) is 10.4. The molecule has 1 N–H and O–H groups in total. The zero-order chi connectivity index (χ0) is 28.1. The number of fused-ring (bicyclic) bond motifs is 3. The molecule has 1 saturated carbocycles. The molecule has 216 valence electrons. The number of nitrogens with one attached hydrogen (secondary N) is 1. The summed E-state index contributed by atoms with van der Waals surface area (Å²) in [6, 6.07) is 6.98. The Kier molecular flexibility index (Phi) is 7.30. The number of carbonyl (C=O) groups is 1. The molecule has 0 radical (unpaired) electrons. The van der Waals surface area contributed by atoms with Crippen LogP contribution in [0.2, 0.25) is 0 Å². The first-order chi connectivity index (χ1) is 19.2. The van der Waals surface area contributed by atoms with E-state index < -0.39 is 5.60 Å². The van der Waals surface area contributed by atoms with Gasteiger partial charge >= 0.3 is 6.09 Å². The van der Waals surface area contributed by atoms with E-state index in [1.807, 2.05) is 25.7 Å². The first-order valence-electron chi connectivity index (χ1n) is 15.6. The van der Waals surface area contributed by atoms with E-state index in [2.05, 4.69) is 42.3 Å². The molecule has 7 heteroatoms. The van der Waals surface area contributed by atoms with Crippen molar-refractivity contribution >= 4 is 17.6 Å². The second-order valence-corrected chi connectivity index (χ2v) is 13.9. The zero-order valence-corrected chi connectivity index (χ0v) is 25.1. The van der Waals surface area contributed by atoms with E-state index in [1.54, 1.807) is 6.33 Å². The Labute approximate surface area is 240 Å². The lowest BCUT2D eigenvalue weighted by molar-refractivity contribution is 0.0143. The SMILES string of the molecule is CC(C)C1CCc2ncnc(N3CC4(CCNCC4)c4c(CN(C(=O)OC(C)(C)C)C5CCCC5)cccc43)c21. The van der Waals surface area contributed by atoms with Crippen molar-refractivity contribution in [2.75, 3.05) is 24.5 Å². The number of amides is 1. The maximum Gasteiger partial charge on any atom is 0.410 e. The number of anilines is 2. The summed E-state index contributed by atoms with van der Waals surface area (Å²) < 4.78 is 5.97. The van der Waals surface area contributed by atoms with Gasteiger partial charge in [0.2, 0.25) is 0 Å². The van der Waals surface area contributed by atoms with E-state index in [1.165, 1.54) is 40.9 Å². The molecular weight excluding hydrogens is 498 g/mol. The molecule has 1 unspecified atom stereocenters. The number of aryl methyl sites for hydroxylation is 1. The Hall–Kier alpha value is -2.67. The average molecular weight is 546 g/mol. The van der Waals surface area contributed by atoms with Crippen molar-refractivity contribution in [2.24, 2.45) is 5.92 Å². The van der Waals surface area contributed by atoms with Crippen molar-refractivity contribution in [1.29, 1.82) is 0 Å². The van der Waals surface area contributed by atoms with Crippen LogP contribution in [-0.4, -0.2) is 52.2 Å². The van der Waals surface area contributed by atoms with Crippen molar-refractivity contribution in [1.82, 2.24) is 20.2 Å². The molecule has 2 aromatic rings. The Bertz CT molecular complexity index is 1240. The third kappa shape index (κ3) is 4.99. The number of aromatic nitrogens is 2. The minimum atomic E-state index is -0.514. The highest BCUT2D eigenvalue weighted by Crippen LogP contribution is 2.53. The lowest BCUT2D eigenvalue weighted by Crippen LogP contribution is -2.44. The van der Waals surface area contributed by atoms with Crippen LogP contribution in [0.1, 0.15) is 108 Å². The number of hydrogen-bond donors (Lipinski definition) is 1. The molecule has 3 heterocycles. The average Bonchev–Trinajstić information content (AvgIpc) is 3.66. The van der Waals surface area contributed by atoms with Crippen LogP contribution < -0.4 is 10.2 Å². The van der Waals surface area contributed by atoms with Gasteiger partial charge in [-0.25, -0.2) is 14.8 Å². The van der Waals surface area contributed by atoms with Gasteiger partial charge in [-0.1, -0.05) is 38.8 Å². The molecule has 1 amide bonds. The van der Waals surface area contributed by atoms with Crippen LogP contribution in [0.15, 0.2) is 24.5 Å². The summed E-state index contributed by atoms with van der Waals surface area (Å²) in [5, 5.41) is 3.61. The highest BCUT2D eigenvalue weighted by Gasteiger charge is 2.47. The Morgan fingerprint density at radius 3 is 2.60 bits per heavy atom. The van der Waals surface area contributed by atoms with Gasteiger partial charge in [0.25, 0.3) is 0 Å². The second kappa shape index (κ2) is 10.6. The number of ether oxygens (including phenoxy) is 1. The molecule has 1 aromatic heterocycles. The molecule has 4 aliphatic rings. The standard InChI is InChI=1S/C33H47N5O2/c1-22(2)25-13-14-26-28(25)30(36-21-35-26)38-20-33(15-17-34-18-16-33)29-23(9-8-12-27(29)38)19-37(24-10-6-7-11-24)31(39)40-32(3,4)5/h8-9,12,21-22,24-25,34H,6-7,10-11,13-20H2,1-5H3. The van der Waals surface area contributed by atoms with Crippen molar-refractivity contribution < 1.29 is 9.53 Å². The lowest BCUT2D eigenvalue weighted by Gasteiger charge is -2.37. The van der Waals surface area contributed by atoms with Crippen LogP contribution >= 0.6 is 0 Å². The molecule has 0 bridgehead atoms. The molecule has 1 aromatic carbocycles. The minimum Gasteiger partial charge on any atom is -0.444 e. The van der Waals surface area contributed by atoms with Crippen molar-refractivity contribution in [3.63, 3.8) is 0 Å². The van der Waals surface area contributed by atoms with E-state index >= 15 is 0 Å². The summed E-state index contributed by atoms with van der Waals surface area (Å²) in [7, 11) is 0. The maximum absolute atomic E-state index is 13.6. The van der Waals surface area contributed by atoms with Crippen LogP contribution in [0.5, 0.6) is 0 Å². The summed E-state index contributed by atoms with van der Waals surface area (Å²) in [5.74, 6) is 2.16. The summed E-state index contributed by atoms with van der Waals surface area (Å²) >= 11 is 0. The molecule has 2 aliphatic carbocycles. The smallest absolute Gasteiger partial charge is 0.410 e. The van der Waals surface area contributed by atoms with Crippen LogP contribution in [0.4, 0.5) is 16.3 Å². The van der Waals surface area contributed by atoms with E-state index in [4.69, 9.17) is 14.7 Å². The molecule has 2 aliphatic heterocycles. The number of hydrogen-bond acceptors (Lipinski definition) is 6. The number of nitrogens with zero attached hydrogens (tertiary/aromatic N) is 4. The van der Waals surface area contributed by atoms with E-state index in [0.29, 0.717) is 18.4 Å². The largest absolute Gasteiger partial charge is 0.444 e. The summed E-state index contributed by atoms with van der Waals surface area (Å²) in [4.78, 5) is 27.9. The van der Waals surface area contributed by atoms with Crippen molar-refractivity contribution in [3.8, 4) is 0 Å². The second-order valence-electron chi connectivity index (χ2n) is 13.9. The first kappa shape index (κ1) is 27.5.